The fourth-order valence-corrected chi connectivity index (χ4v) is 3.01. The topological polar surface area (TPSA) is 68.3 Å². The molecule has 6 heteroatoms. The van der Waals surface area contributed by atoms with Crippen molar-refractivity contribution < 1.29 is 9.21 Å². The molecule has 1 aromatic carbocycles. The van der Waals surface area contributed by atoms with Crippen molar-refractivity contribution in [3.63, 3.8) is 0 Å². The lowest BCUT2D eigenvalue weighted by molar-refractivity contribution is -0.115. The molecule has 1 aromatic heterocycles. The summed E-state index contributed by atoms with van der Waals surface area (Å²) in [6.45, 7) is 0.614. The highest BCUT2D eigenvalue weighted by Crippen LogP contribution is 2.27. The zero-order chi connectivity index (χ0) is 15.1. The standard InChI is InChI=1S/C15H18N2O2S2/c1-20-9-12-7-6-11(19-12)8-17-13-4-2-3-5-14(13)21-10-15(16)18/h2-7,17H,8-10H2,1H3,(H2,16,18). The molecule has 0 spiro atoms. The van der Waals surface area contributed by atoms with Crippen LogP contribution in [0.4, 0.5) is 5.69 Å². The Bertz CT molecular complexity index is 599. The molecule has 2 aromatic rings. The molecule has 0 aliphatic heterocycles. The monoisotopic (exact) mass is 322 g/mol. The third-order valence-corrected chi connectivity index (χ3v) is 4.38. The molecule has 21 heavy (non-hydrogen) atoms. The molecule has 0 radical (unpaired) electrons. The number of benzene rings is 1. The van der Waals surface area contributed by atoms with Crippen molar-refractivity contribution in [2.75, 3.05) is 17.3 Å². The Morgan fingerprint density at radius 3 is 2.76 bits per heavy atom. The molecule has 0 saturated carbocycles. The van der Waals surface area contributed by atoms with E-state index in [1.165, 1.54) is 11.8 Å². The van der Waals surface area contributed by atoms with Crippen LogP contribution in [0.1, 0.15) is 11.5 Å². The number of para-hydroxylation sites is 1. The van der Waals surface area contributed by atoms with E-state index in [0.717, 1.165) is 27.9 Å². The molecular weight excluding hydrogens is 304 g/mol. The molecule has 4 nitrogen and oxygen atoms in total. The van der Waals surface area contributed by atoms with E-state index in [4.69, 9.17) is 10.2 Å². The molecule has 2 rings (SSSR count). The Morgan fingerprint density at radius 1 is 1.24 bits per heavy atom. The Balaban J connectivity index is 1.96. The maximum absolute atomic E-state index is 10.9. The van der Waals surface area contributed by atoms with Crippen LogP contribution in [0.15, 0.2) is 45.7 Å². The minimum atomic E-state index is -0.317. The molecule has 0 atom stereocenters. The van der Waals surface area contributed by atoms with E-state index in [-0.39, 0.29) is 11.7 Å². The number of primary amides is 1. The minimum Gasteiger partial charge on any atom is -0.463 e. The van der Waals surface area contributed by atoms with Crippen LogP contribution in [0.3, 0.4) is 0 Å². The van der Waals surface area contributed by atoms with Gasteiger partial charge in [0, 0.05) is 10.6 Å². The summed E-state index contributed by atoms with van der Waals surface area (Å²) in [7, 11) is 0. The second-order valence-electron chi connectivity index (χ2n) is 4.41. The number of anilines is 1. The number of nitrogens with one attached hydrogen (secondary N) is 1. The summed E-state index contributed by atoms with van der Waals surface area (Å²) in [6, 6.07) is 11.8. The number of furan rings is 1. The van der Waals surface area contributed by atoms with Crippen LogP contribution in [0.2, 0.25) is 0 Å². The number of amides is 1. The fourth-order valence-electron chi connectivity index (χ4n) is 1.81. The SMILES string of the molecule is CSCc1ccc(CNc2ccccc2SCC(N)=O)o1. The third kappa shape index (κ3) is 5.06. The predicted molar refractivity (Wildman–Crippen MR) is 89.6 cm³/mol. The van der Waals surface area contributed by atoms with Gasteiger partial charge in [-0.15, -0.1) is 11.8 Å². The maximum Gasteiger partial charge on any atom is 0.227 e. The van der Waals surface area contributed by atoms with Gasteiger partial charge < -0.3 is 15.5 Å². The highest BCUT2D eigenvalue weighted by atomic mass is 32.2. The number of carbonyl (C=O) groups is 1. The van der Waals surface area contributed by atoms with Crippen LogP contribution < -0.4 is 11.1 Å². The summed E-state index contributed by atoms with van der Waals surface area (Å²) in [6.07, 6.45) is 2.05. The fraction of sp³-hybridized carbons (Fsp3) is 0.267. The van der Waals surface area contributed by atoms with Crippen LogP contribution >= 0.6 is 23.5 Å². The molecule has 0 unspecified atom stereocenters. The van der Waals surface area contributed by atoms with Crippen LogP contribution in [0.5, 0.6) is 0 Å². The van der Waals surface area contributed by atoms with Gasteiger partial charge in [0.25, 0.3) is 0 Å². The number of hydrogen-bond donors (Lipinski definition) is 2. The van der Waals surface area contributed by atoms with Crippen LogP contribution in [0, 0.1) is 0 Å². The Morgan fingerprint density at radius 2 is 2.00 bits per heavy atom. The Labute approximate surface area is 132 Å². The van der Waals surface area contributed by atoms with Crippen molar-refractivity contribution in [1.82, 2.24) is 0 Å². The van der Waals surface area contributed by atoms with Crippen molar-refractivity contribution in [2.45, 2.75) is 17.2 Å². The predicted octanol–water partition coefficient (Wildman–Crippen LogP) is 3.33. The number of nitrogens with two attached hydrogens (primary N) is 1. The smallest absolute Gasteiger partial charge is 0.227 e. The normalized spacial score (nSPS) is 10.5. The van der Waals surface area contributed by atoms with Gasteiger partial charge in [-0.2, -0.15) is 11.8 Å². The highest BCUT2D eigenvalue weighted by Gasteiger charge is 2.06. The average molecular weight is 322 g/mol. The van der Waals surface area contributed by atoms with E-state index >= 15 is 0 Å². The second-order valence-corrected chi connectivity index (χ2v) is 6.29. The van der Waals surface area contributed by atoms with Crippen molar-refractivity contribution in [2.24, 2.45) is 5.73 Å². The molecule has 0 aliphatic carbocycles. The first-order valence-corrected chi connectivity index (χ1v) is 8.87. The van der Waals surface area contributed by atoms with Crippen molar-refractivity contribution in [1.29, 1.82) is 0 Å². The summed E-state index contributed by atoms with van der Waals surface area (Å²) in [5.41, 5.74) is 6.17. The van der Waals surface area contributed by atoms with E-state index in [1.54, 1.807) is 11.8 Å². The van der Waals surface area contributed by atoms with Gasteiger partial charge in [-0.1, -0.05) is 12.1 Å². The first-order valence-electron chi connectivity index (χ1n) is 6.49. The van der Waals surface area contributed by atoms with Gasteiger partial charge in [-0.05, 0) is 30.5 Å². The summed E-state index contributed by atoms with van der Waals surface area (Å²) in [4.78, 5) is 11.9. The number of carbonyl (C=O) groups excluding carboxylic acids is 1. The van der Waals surface area contributed by atoms with Crippen LogP contribution in [0.25, 0.3) is 0 Å². The van der Waals surface area contributed by atoms with Crippen molar-refractivity contribution in [3.8, 4) is 0 Å². The van der Waals surface area contributed by atoms with Gasteiger partial charge in [0.05, 0.1) is 18.1 Å². The van der Waals surface area contributed by atoms with E-state index in [9.17, 15) is 4.79 Å². The van der Waals surface area contributed by atoms with Gasteiger partial charge in [0.2, 0.25) is 5.91 Å². The molecule has 0 aliphatic rings. The van der Waals surface area contributed by atoms with Crippen LogP contribution in [-0.4, -0.2) is 17.9 Å². The summed E-state index contributed by atoms with van der Waals surface area (Å²) in [5.74, 6) is 2.72. The third-order valence-electron chi connectivity index (χ3n) is 2.71. The van der Waals surface area contributed by atoms with Crippen molar-refractivity contribution >= 4 is 35.1 Å². The number of hydrogen-bond acceptors (Lipinski definition) is 5. The Kier molecular flexibility index (Phi) is 6.07. The molecule has 112 valence electrons. The summed E-state index contributed by atoms with van der Waals surface area (Å²) >= 11 is 3.17. The first kappa shape index (κ1) is 15.9. The molecular formula is C15H18N2O2S2. The molecule has 0 bridgehead atoms. The minimum absolute atomic E-state index is 0.275. The van der Waals surface area contributed by atoms with Gasteiger partial charge in [0.15, 0.2) is 0 Å². The summed E-state index contributed by atoms with van der Waals surface area (Å²) in [5, 5.41) is 3.34. The Hall–Kier alpha value is -1.53. The average Bonchev–Trinajstić information content (AvgIpc) is 2.92. The lowest BCUT2D eigenvalue weighted by Gasteiger charge is -2.10. The summed E-state index contributed by atoms with van der Waals surface area (Å²) < 4.78 is 5.72. The first-order chi connectivity index (χ1) is 10.2. The molecule has 0 fully saturated rings. The maximum atomic E-state index is 10.9. The molecule has 1 heterocycles. The zero-order valence-corrected chi connectivity index (χ0v) is 13.4. The van der Waals surface area contributed by atoms with E-state index in [2.05, 4.69) is 5.32 Å². The van der Waals surface area contributed by atoms with Crippen molar-refractivity contribution in [3.05, 3.63) is 47.9 Å². The van der Waals surface area contributed by atoms with E-state index < -0.39 is 0 Å². The van der Waals surface area contributed by atoms with Gasteiger partial charge in [-0.3, -0.25) is 4.79 Å². The van der Waals surface area contributed by atoms with Crippen LogP contribution in [-0.2, 0) is 17.1 Å². The zero-order valence-electron chi connectivity index (χ0n) is 11.8. The quantitative estimate of drug-likeness (QED) is 0.730. The molecule has 1 amide bonds. The number of rotatable bonds is 8. The largest absolute Gasteiger partial charge is 0.463 e. The lowest BCUT2D eigenvalue weighted by atomic mass is 10.3. The molecule has 3 N–H and O–H groups in total. The van der Waals surface area contributed by atoms with E-state index in [0.29, 0.717) is 6.54 Å². The van der Waals surface area contributed by atoms with Gasteiger partial charge in [-0.25, -0.2) is 0 Å². The molecule has 0 saturated heterocycles. The highest BCUT2D eigenvalue weighted by molar-refractivity contribution is 8.00. The van der Waals surface area contributed by atoms with E-state index in [1.807, 2.05) is 42.7 Å². The number of thioether (sulfide) groups is 2. The van der Waals surface area contributed by atoms with Gasteiger partial charge in [0.1, 0.15) is 11.5 Å². The lowest BCUT2D eigenvalue weighted by Crippen LogP contribution is -2.13. The van der Waals surface area contributed by atoms with Gasteiger partial charge >= 0.3 is 0 Å². The second kappa shape index (κ2) is 8.05.